The molecular weight excluding hydrogens is 328 g/mol. The van der Waals surface area contributed by atoms with Crippen LogP contribution in [0.1, 0.15) is 27.7 Å². The lowest BCUT2D eigenvalue weighted by Crippen LogP contribution is -2.51. The highest BCUT2D eigenvalue weighted by Crippen LogP contribution is 2.38. The third-order valence-corrected chi connectivity index (χ3v) is 9.84. The number of epoxide rings is 1. The Bertz CT molecular complexity index is 550. The highest BCUT2D eigenvalue weighted by atomic mass is 28.4. The molecule has 0 aromatic carbocycles. The predicted octanol–water partition coefficient (Wildman–Crippen LogP) is 1.82. The Kier molecular flexibility index (Phi) is 5.12. The number of cyclic esters (lactones) is 1. The van der Waals surface area contributed by atoms with E-state index in [1.807, 2.05) is 6.92 Å². The van der Waals surface area contributed by atoms with Crippen molar-refractivity contribution in [1.82, 2.24) is 0 Å². The van der Waals surface area contributed by atoms with E-state index in [-0.39, 0.29) is 30.5 Å². The topological polar surface area (TPSA) is 85.4 Å². The lowest BCUT2D eigenvalue weighted by Gasteiger charge is -2.37. The predicted molar refractivity (Wildman–Crippen MR) is 91.0 cm³/mol. The van der Waals surface area contributed by atoms with E-state index >= 15 is 0 Å². The van der Waals surface area contributed by atoms with E-state index in [0.29, 0.717) is 0 Å². The molecule has 136 valence electrons. The number of hydrogen-bond donors (Lipinski definition) is 1. The van der Waals surface area contributed by atoms with Crippen molar-refractivity contribution in [2.45, 2.75) is 63.6 Å². The van der Waals surface area contributed by atoms with Crippen LogP contribution in [0.2, 0.25) is 18.1 Å². The molecule has 2 aliphatic heterocycles. The normalized spacial score (nSPS) is 33.8. The molecule has 0 aromatic heterocycles. The minimum absolute atomic E-state index is 0.00204. The number of ether oxygens (including phenoxy) is 2. The highest BCUT2D eigenvalue weighted by Gasteiger charge is 2.56. The van der Waals surface area contributed by atoms with Gasteiger partial charge in [-0.15, -0.1) is 0 Å². The molecule has 0 aliphatic carbocycles. The second-order valence-corrected chi connectivity index (χ2v) is 13.0. The van der Waals surface area contributed by atoms with Crippen molar-refractivity contribution in [3.05, 3.63) is 12.2 Å². The summed E-state index contributed by atoms with van der Waals surface area (Å²) in [5.41, 5.74) is -2.17. The SMILES string of the molecule is C[C@H]1O[C@H]1/C=C/C(=O)[C@]1(O)C(=O)OC[C@@H]1CO[Si](C)(C)C(C)(C)C. The lowest BCUT2D eigenvalue weighted by molar-refractivity contribution is -0.160. The first kappa shape index (κ1) is 19.3. The molecule has 0 bridgehead atoms. The van der Waals surface area contributed by atoms with Crippen molar-refractivity contribution in [1.29, 1.82) is 0 Å². The summed E-state index contributed by atoms with van der Waals surface area (Å²) in [5.74, 6) is -2.27. The fourth-order valence-corrected chi connectivity index (χ4v) is 3.33. The molecule has 2 aliphatic rings. The van der Waals surface area contributed by atoms with Crippen LogP contribution in [0.15, 0.2) is 12.2 Å². The molecule has 2 rings (SSSR count). The first-order chi connectivity index (χ1) is 10.9. The van der Waals surface area contributed by atoms with Crippen LogP contribution >= 0.6 is 0 Å². The summed E-state index contributed by atoms with van der Waals surface area (Å²) in [6, 6.07) is 0. The van der Waals surface area contributed by atoms with E-state index in [0.717, 1.165) is 0 Å². The molecule has 7 heteroatoms. The number of carbonyl (C=O) groups excluding carboxylic acids is 2. The quantitative estimate of drug-likeness (QED) is 0.257. The van der Waals surface area contributed by atoms with Crippen LogP contribution < -0.4 is 0 Å². The zero-order valence-corrected chi connectivity index (χ0v) is 16.3. The third-order valence-electron chi connectivity index (χ3n) is 5.34. The van der Waals surface area contributed by atoms with Gasteiger partial charge in [0, 0.05) is 6.61 Å². The average Bonchev–Trinajstić information content (AvgIpc) is 3.09. The number of hydrogen-bond acceptors (Lipinski definition) is 6. The van der Waals surface area contributed by atoms with Gasteiger partial charge in [0.25, 0.3) is 0 Å². The molecule has 0 saturated carbocycles. The van der Waals surface area contributed by atoms with E-state index in [4.69, 9.17) is 13.9 Å². The Morgan fingerprint density at radius 1 is 1.46 bits per heavy atom. The average molecular weight is 356 g/mol. The van der Waals surface area contributed by atoms with Gasteiger partial charge in [0.1, 0.15) is 12.7 Å². The maximum atomic E-state index is 12.4. The van der Waals surface area contributed by atoms with Crippen molar-refractivity contribution < 1.29 is 28.6 Å². The number of ketones is 1. The zero-order valence-electron chi connectivity index (χ0n) is 15.3. The van der Waals surface area contributed by atoms with Gasteiger partial charge < -0.3 is 19.0 Å². The van der Waals surface area contributed by atoms with Crippen LogP contribution in [0.3, 0.4) is 0 Å². The Morgan fingerprint density at radius 3 is 2.54 bits per heavy atom. The summed E-state index contributed by atoms with van der Waals surface area (Å²) in [5, 5.41) is 10.7. The number of rotatable bonds is 6. The molecule has 0 aromatic rings. The highest BCUT2D eigenvalue weighted by molar-refractivity contribution is 6.74. The molecule has 0 amide bonds. The van der Waals surface area contributed by atoms with Crippen molar-refractivity contribution in [2.75, 3.05) is 13.2 Å². The van der Waals surface area contributed by atoms with Gasteiger partial charge in [-0.2, -0.15) is 0 Å². The Balaban J connectivity index is 2.07. The second kappa shape index (κ2) is 6.37. The third kappa shape index (κ3) is 3.64. The molecular formula is C17H28O6Si. The van der Waals surface area contributed by atoms with Crippen LogP contribution in [0.5, 0.6) is 0 Å². The number of aliphatic hydroxyl groups is 1. The van der Waals surface area contributed by atoms with Gasteiger partial charge in [0.2, 0.25) is 5.60 Å². The van der Waals surface area contributed by atoms with Crippen LogP contribution in [-0.4, -0.2) is 56.2 Å². The molecule has 0 unspecified atom stereocenters. The molecule has 2 saturated heterocycles. The fourth-order valence-electron chi connectivity index (χ4n) is 2.28. The van der Waals surface area contributed by atoms with Crippen LogP contribution in [-0.2, 0) is 23.5 Å². The van der Waals surface area contributed by atoms with Gasteiger partial charge in [0.15, 0.2) is 14.1 Å². The first-order valence-electron chi connectivity index (χ1n) is 8.31. The smallest absolute Gasteiger partial charge is 0.346 e. The van der Waals surface area contributed by atoms with E-state index in [2.05, 4.69) is 33.9 Å². The molecule has 6 nitrogen and oxygen atoms in total. The van der Waals surface area contributed by atoms with Crippen molar-refractivity contribution in [3.8, 4) is 0 Å². The minimum Gasteiger partial charge on any atom is -0.463 e. The standard InChI is InChI=1S/C17H28O6Si/c1-11-13(23-11)7-8-14(18)17(20)12(9-21-15(17)19)10-22-24(5,6)16(2,3)4/h7-8,11-13,20H,9-10H2,1-6H3/b8-7+/t11-,12-,13+,17+/m1/s1. The lowest BCUT2D eigenvalue weighted by atomic mass is 9.86. The minimum atomic E-state index is -2.17. The summed E-state index contributed by atoms with van der Waals surface area (Å²) >= 11 is 0. The molecule has 2 fully saturated rings. The zero-order chi connectivity index (χ0) is 18.3. The first-order valence-corrected chi connectivity index (χ1v) is 11.2. The van der Waals surface area contributed by atoms with Gasteiger partial charge in [0.05, 0.1) is 12.0 Å². The van der Waals surface area contributed by atoms with E-state index < -0.39 is 31.6 Å². The Hall–Kier alpha value is -1.02. The van der Waals surface area contributed by atoms with Crippen LogP contribution in [0, 0.1) is 5.92 Å². The Morgan fingerprint density at radius 2 is 2.04 bits per heavy atom. The molecule has 4 atom stereocenters. The maximum Gasteiger partial charge on any atom is 0.346 e. The van der Waals surface area contributed by atoms with E-state index in [1.165, 1.54) is 6.08 Å². The molecule has 0 radical (unpaired) electrons. The van der Waals surface area contributed by atoms with Crippen molar-refractivity contribution >= 4 is 20.1 Å². The van der Waals surface area contributed by atoms with Crippen LogP contribution in [0.4, 0.5) is 0 Å². The van der Waals surface area contributed by atoms with Gasteiger partial charge in [-0.1, -0.05) is 20.8 Å². The largest absolute Gasteiger partial charge is 0.463 e. The number of carbonyl (C=O) groups is 2. The monoisotopic (exact) mass is 356 g/mol. The maximum absolute atomic E-state index is 12.4. The van der Waals surface area contributed by atoms with Crippen molar-refractivity contribution in [3.63, 3.8) is 0 Å². The van der Waals surface area contributed by atoms with Gasteiger partial charge in [-0.3, -0.25) is 4.79 Å². The summed E-state index contributed by atoms with van der Waals surface area (Å²) < 4.78 is 16.2. The number of esters is 1. The van der Waals surface area contributed by atoms with E-state index in [1.54, 1.807) is 6.08 Å². The molecule has 2 heterocycles. The van der Waals surface area contributed by atoms with Gasteiger partial charge >= 0.3 is 5.97 Å². The van der Waals surface area contributed by atoms with Gasteiger partial charge in [-0.25, -0.2) is 4.79 Å². The second-order valence-electron chi connectivity index (χ2n) is 8.16. The summed E-state index contributed by atoms with van der Waals surface area (Å²) in [6.07, 6.45) is 2.73. The molecule has 24 heavy (non-hydrogen) atoms. The van der Waals surface area contributed by atoms with Gasteiger partial charge in [-0.05, 0) is 37.2 Å². The summed E-state index contributed by atoms with van der Waals surface area (Å²) in [4.78, 5) is 24.4. The van der Waals surface area contributed by atoms with Crippen LogP contribution in [0.25, 0.3) is 0 Å². The summed E-state index contributed by atoms with van der Waals surface area (Å²) in [6.45, 7) is 12.5. The molecule has 0 spiro atoms. The van der Waals surface area contributed by atoms with E-state index in [9.17, 15) is 14.7 Å². The summed E-state index contributed by atoms with van der Waals surface area (Å²) in [7, 11) is -2.05. The Labute approximate surface area is 144 Å². The van der Waals surface area contributed by atoms with Crippen molar-refractivity contribution in [2.24, 2.45) is 5.92 Å². The molecule has 1 N–H and O–H groups in total. The fraction of sp³-hybridized carbons (Fsp3) is 0.765.